The van der Waals surface area contributed by atoms with E-state index in [1.807, 2.05) is 43.3 Å². The van der Waals surface area contributed by atoms with Crippen LogP contribution in [-0.4, -0.2) is 29.9 Å². The van der Waals surface area contributed by atoms with Crippen molar-refractivity contribution in [2.45, 2.75) is 13.5 Å². The Hall–Kier alpha value is -2.99. The molecule has 6 nitrogen and oxygen atoms in total. The Kier molecular flexibility index (Phi) is 5.66. The molecule has 2 aromatic carbocycles. The molecule has 0 unspecified atom stereocenters. The lowest BCUT2D eigenvalue weighted by Gasteiger charge is -2.13. The molecule has 1 amide bonds. The van der Waals surface area contributed by atoms with Gasteiger partial charge in [-0.15, -0.1) is 0 Å². The summed E-state index contributed by atoms with van der Waals surface area (Å²) in [4.78, 5) is 12.7. The number of carbonyl (C=O) groups is 1. The highest BCUT2D eigenvalue weighted by molar-refractivity contribution is 6.32. The van der Waals surface area contributed by atoms with Gasteiger partial charge < -0.3 is 14.8 Å². The number of hydrogen-bond acceptors (Lipinski definition) is 4. The van der Waals surface area contributed by atoms with Crippen molar-refractivity contribution in [2.75, 3.05) is 19.5 Å². The molecule has 0 spiro atoms. The molecule has 1 aromatic heterocycles. The molecule has 27 heavy (non-hydrogen) atoms. The maximum Gasteiger partial charge on any atom is 0.257 e. The highest BCUT2D eigenvalue weighted by Crippen LogP contribution is 2.36. The van der Waals surface area contributed by atoms with Gasteiger partial charge in [0.15, 0.2) is 11.5 Å². The lowest BCUT2D eigenvalue weighted by Crippen LogP contribution is -2.16. The van der Waals surface area contributed by atoms with Crippen LogP contribution in [0.4, 0.5) is 5.82 Å². The SMILES string of the molecule is COc1cc(C(=O)Nc2cc(C)nn2Cc2ccccc2)cc(Cl)c1OC. The average Bonchev–Trinajstić information content (AvgIpc) is 3.00. The van der Waals surface area contributed by atoms with E-state index in [1.165, 1.54) is 14.2 Å². The maximum atomic E-state index is 12.7. The first kappa shape index (κ1) is 18.8. The lowest BCUT2D eigenvalue weighted by molar-refractivity contribution is 0.102. The van der Waals surface area contributed by atoms with Gasteiger partial charge in [0.1, 0.15) is 5.82 Å². The molecule has 0 bridgehead atoms. The molecule has 3 rings (SSSR count). The number of hydrogen-bond donors (Lipinski definition) is 1. The Morgan fingerprint density at radius 1 is 1.15 bits per heavy atom. The second kappa shape index (κ2) is 8.14. The highest BCUT2D eigenvalue weighted by Gasteiger charge is 2.17. The number of benzene rings is 2. The van der Waals surface area contributed by atoms with Gasteiger partial charge in [0.25, 0.3) is 5.91 Å². The van der Waals surface area contributed by atoms with E-state index in [-0.39, 0.29) is 5.91 Å². The molecule has 0 fully saturated rings. The van der Waals surface area contributed by atoms with Crippen molar-refractivity contribution in [1.82, 2.24) is 9.78 Å². The zero-order chi connectivity index (χ0) is 19.4. The Morgan fingerprint density at radius 2 is 1.89 bits per heavy atom. The van der Waals surface area contributed by atoms with Crippen LogP contribution in [0.3, 0.4) is 0 Å². The molecule has 3 aromatic rings. The molecule has 1 heterocycles. The minimum Gasteiger partial charge on any atom is -0.493 e. The van der Waals surface area contributed by atoms with Gasteiger partial charge in [-0.25, -0.2) is 4.68 Å². The molecule has 1 N–H and O–H groups in total. The second-order valence-electron chi connectivity index (χ2n) is 5.96. The van der Waals surface area contributed by atoms with Crippen LogP contribution in [0.15, 0.2) is 48.5 Å². The molecule has 0 saturated heterocycles. The number of amides is 1. The lowest BCUT2D eigenvalue weighted by atomic mass is 10.2. The van der Waals surface area contributed by atoms with Gasteiger partial charge in [-0.3, -0.25) is 4.79 Å². The molecule has 0 radical (unpaired) electrons. The third kappa shape index (κ3) is 4.23. The fourth-order valence-electron chi connectivity index (χ4n) is 2.76. The molecular weight excluding hydrogens is 366 g/mol. The van der Waals surface area contributed by atoms with Crippen LogP contribution < -0.4 is 14.8 Å². The number of carbonyl (C=O) groups excluding carboxylic acids is 1. The zero-order valence-electron chi connectivity index (χ0n) is 15.3. The fraction of sp³-hybridized carbons (Fsp3) is 0.200. The van der Waals surface area contributed by atoms with Crippen LogP contribution >= 0.6 is 11.6 Å². The molecule has 0 aliphatic rings. The summed E-state index contributed by atoms with van der Waals surface area (Å²) in [7, 11) is 2.99. The van der Waals surface area contributed by atoms with Gasteiger partial charge in [-0.1, -0.05) is 41.9 Å². The Balaban J connectivity index is 1.86. The van der Waals surface area contributed by atoms with Crippen molar-refractivity contribution in [3.63, 3.8) is 0 Å². The third-order valence-electron chi connectivity index (χ3n) is 4.01. The van der Waals surface area contributed by atoms with E-state index in [4.69, 9.17) is 21.1 Å². The van der Waals surface area contributed by atoms with Gasteiger partial charge in [-0.05, 0) is 24.6 Å². The van der Waals surface area contributed by atoms with Crippen molar-refractivity contribution in [3.8, 4) is 11.5 Å². The number of methoxy groups -OCH3 is 2. The summed E-state index contributed by atoms with van der Waals surface area (Å²) in [5.41, 5.74) is 2.26. The summed E-state index contributed by atoms with van der Waals surface area (Å²) < 4.78 is 12.2. The van der Waals surface area contributed by atoms with E-state index in [1.54, 1.807) is 16.8 Å². The molecule has 7 heteroatoms. The average molecular weight is 386 g/mol. The van der Waals surface area contributed by atoms with Gasteiger partial charge >= 0.3 is 0 Å². The standard InChI is InChI=1S/C20H20ClN3O3/c1-13-9-18(24(23-13)12-14-7-5-4-6-8-14)22-20(25)15-10-16(21)19(27-3)17(11-15)26-2/h4-11H,12H2,1-3H3,(H,22,25). The number of nitrogens with one attached hydrogen (secondary N) is 1. The highest BCUT2D eigenvalue weighted by atomic mass is 35.5. The van der Waals surface area contributed by atoms with Crippen molar-refractivity contribution in [1.29, 1.82) is 0 Å². The van der Waals surface area contributed by atoms with Crippen molar-refractivity contribution >= 4 is 23.3 Å². The first-order chi connectivity index (χ1) is 13.0. The molecular formula is C20H20ClN3O3. The summed E-state index contributed by atoms with van der Waals surface area (Å²) in [6, 6.07) is 14.9. The quantitative estimate of drug-likeness (QED) is 0.691. The molecule has 0 aliphatic heterocycles. The van der Waals surface area contributed by atoms with Gasteiger partial charge in [-0.2, -0.15) is 5.10 Å². The Bertz CT molecular complexity index is 955. The number of rotatable bonds is 6. The Morgan fingerprint density at radius 3 is 2.56 bits per heavy atom. The van der Waals surface area contributed by atoms with Crippen LogP contribution in [0, 0.1) is 6.92 Å². The van der Waals surface area contributed by atoms with Crippen LogP contribution in [0.25, 0.3) is 0 Å². The Labute approximate surface area is 162 Å². The van der Waals surface area contributed by atoms with E-state index < -0.39 is 0 Å². The van der Waals surface area contributed by atoms with Crippen LogP contribution in [0.2, 0.25) is 5.02 Å². The van der Waals surface area contributed by atoms with Gasteiger partial charge in [0.2, 0.25) is 0 Å². The van der Waals surface area contributed by atoms with Crippen LogP contribution in [0.5, 0.6) is 11.5 Å². The van der Waals surface area contributed by atoms with Crippen LogP contribution in [-0.2, 0) is 6.54 Å². The summed E-state index contributed by atoms with van der Waals surface area (Å²) in [6.45, 7) is 2.43. The second-order valence-corrected chi connectivity index (χ2v) is 6.37. The number of aromatic nitrogens is 2. The minimum atomic E-state index is -0.313. The smallest absolute Gasteiger partial charge is 0.257 e. The summed E-state index contributed by atoms with van der Waals surface area (Å²) in [5.74, 6) is 1.07. The van der Waals surface area contributed by atoms with E-state index in [0.717, 1.165) is 11.3 Å². The van der Waals surface area contributed by atoms with Gasteiger partial charge in [0, 0.05) is 11.6 Å². The van der Waals surface area contributed by atoms with Crippen molar-refractivity contribution in [2.24, 2.45) is 0 Å². The summed E-state index contributed by atoms with van der Waals surface area (Å²) in [6.07, 6.45) is 0. The predicted octanol–water partition coefficient (Wildman–Crippen LogP) is 4.16. The minimum absolute atomic E-state index is 0.302. The number of ether oxygens (including phenoxy) is 2. The normalized spacial score (nSPS) is 10.5. The van der Waals surface area contributed by atoms with Crippen molar-refractivity contribution < 1.29 is 14.3 Å². The monoisotopic (exact) mass is 385 g/mol. The number of nitrogens with zero attached hydrogens (tertiary/aromatic N) is 2. The number of halogens is 1. The van der Waals surface area contributed by atoms with Gasteiger partial charge in [0.05, 0.1) is 31.5 Å². The maximum absolute atomic E-state index is 12.7. The molecule has 140 valence electrons. The number of anilines is 1. The zero-order valence-corrected chi connectivity index (χ0v) is 16.1. The fourth-order valence-corrected chi connectivity index (χ4v) is 3.05. The topological polar surface area (TPSA) is 65.4 Å². The summed E-state index contributed by atoms with van der Waals surface area (Å²) in [5, 5.41) is 7.65. The molecule has 0 aliphatic carbocycles. The summed E-state index contributed by atoms with van der Waals surface area (Å²) >= 11 is 6.20. The largest absolute Gasteiger partial charge is 0.493 e. The molecule has 0 saturated carbocycles. The van der Waals surface area contributed by atoms with E-state index in [2.05, 4.69) is 10.4 Å². The first-order valence-electron chi connectivity index (χ1n) is 8.33. The van der Waals surface area contributed by atoms with E-state index in [9.17, 15) is 4.79 Å². The van der Waals surface area contributed by atoms with E-state index in [0.29, 0.717) is 34.4 Å². The van der Waals surface area contributed by atoms with Crippen LogP contribution in [0.1, 0.15) is 21.6 Å². The van der Waals surface area contributed by atoms with E-state index >= 15 is 0 Å². The predicted molar refractivity (Wildman–Crippen MR) is 105 cm³/mol. The molecule has 0 atom stereocenters. The first-order valence-corrected chi connectivity index (χ1v) is 8.71. The third-order valence-corrected chi connectivity index (χ3v) is 4.30. The van der Waals surface area contributed by atoms with Crippen molar-refractivity contribution in [3.05, 3.63) is 70.4 Å². The number of aryl methyl sites for hydroxylation is 1.